The molecule has 134 valence electrons. The monoisotopic (exact) mass is 374 g/mol. The van der Waals surface area contributed by atoms with Crippen molar-refractivity contribution in [1.29, 1.82) is 0 Å². The normalized spacial score (nSPS) is 13.3. The lowest BCUT2D eigenvalue weighted by molar-refractivity contribution is -0.384. The predicted octanol–water partition coefficient (Wildman–Crippen LogP) is 4.06. The molecule has 0 fully saturated rings. The molecule has 2 aromatic carbocycles. The van der Waals surface area contributed by atoms with Crippen molar-refractivity contribution in [2.75, 3.05) is 18.5 Å². The van der Waals surface area contributed by atoms with Gasteiger partial charge in [0.2, 0.25) is 5.91 Å². The molecule has 0 aliphatic carbocycles. The Balaban J connectivity index is 1.73. The maximum atomic E-state index is 12.1. The number of hydrogen-bond acceptors (Lipinski definition) is 5. The van der Waals surface area contributed by atoms with Crippen LogP contribution in [-0.2, 0) is 4.79 Å². The Kier molecular flexibility index (Phi) is 5.38. The number of anilines is 1. The van der Waals surface area contributed by atoms with Crippen LogP contribution in [-0.4, -0.2) is 24.0 Å². The number of hydrogen-bond donors (Lipinski definition) is 1. The van der Waals surface area contributed by atoms with Crippen LogP contribution in [0.15, 0.2) is 42.5 Å². The third-order valence-corrected chi connectivity index (χ3v) is 3.92. The van der Waals surface area contributed by atoms with Crippen molar-refractivity contribution in [3.05, 3.63) is 63.2 Å². The zero-order valence-electron chi connectivity index (χ0n) is 13.6. The molecule has 1 heterocycles. The molecule has 0 aromatic heterocycles. The third kappa shape index (κ3) is 4.31. The summed E-state index contributed by atoms with van der Waals surface area (Å²) in [6, 6.07) is 9.19. The van der Waals surface area contributed by atoms with Crippen molar-refractivity contribution in [2.24, 2.45) is 0 Å². The number of halogens is 1. The molecule has 0 saturated carbocycles. The molecule has 0 radical (unpaired) electrons. The highest BCUT2D eigenvalue weighted by atomic mass is 35.5. The second kappa shape index (κ2) is 7.88. The summed E-state index contributed by atoms with van der Waals surface area (Å²) in [4.78, 5) is 22.4. The van der Waals surface area contributed by atoms with Crippen molar-refractivity contribution < 1.29 is 19.2 Å². The first kappa shape index (κ1) is 17.8. The van der Waals surface area contributed by atoms with Gasteiger partial charge in [0.15, 0.2) is 11.5 Å². The summed E-state index contributed by atoms with van der Waals surface area (Å²) in [5.41, 5.74) is 0.891. The van der Waals surface area contributed by atoms with Gasteiger partial charge < -0.3 is 14.8 Å². The fourth-order valence-electron chi connectivity index (χ4n) is 2.37. The van der Waals surface area contributed by atoms with E-state index < -0.39 is 10.8 Å². The van der Waals surface area contributed by atoms with E-state index >= 15 is 0 Å². The topological polar surface area (TPSA) is 90.7 Å². The largest absolute Gasteiger partial charge is 0.490 e. The van der Waals surface area contributed by atoms with Crippen LogP contribution in [0.2, 0.25) is 5.02 Å². The van der Waals surface area contributed by atoms with E-state index in [-0.39, 0.29) is 5.69 Å². The van der Waals surface area contributed by atoms with Crippen LogP contribution < -0.4 is 14.8 Å². The Morgan fingerprint density at radius 3 is 2.65 bits per heavy atom. The first-order valence-corrected chi connectivity index (χ1v) is 8.23. The van der Waals surface area contributed by atoms with E-state index in [1.54, 1.807) is 24.3 Å². The molecular weight excluding hydrogens is 360 g/mol. The number of benzene rings is 2. The molecule has 0 saturated heterocycles. The molecular formula is C18H15ClN2O5. The maximum absolute atomic E-state index is 12.1. The lowest BCUT2D eigenvalue weighted by Crippen LogP contribution is -2.08. The average molecular weight is 375 g/mol. The molecule has 0 unspecified atom stereocenters. The number of amides is 1. The molecule has 0 atom stereocenters. The molecule has 0 spiro atoms. The van der Waals surface area contributed by atoms with Crippen molar-refractivity contribution in [1.82, 2.24) is 0 Å². The lowest BCUT2D eigenvalue weighted by atomic mass is 10.2. The van der Waals surface area contributed by atoms with Gasteiger partial charge >= 0.3 is 0 Å². The van der Waals surface area contributed by atoms with Gasteiger partial charge in [-0.15, -0.1) is 0 Å². The molecule has 8 heteroatoms. The summed E-state index contributed by atoms with van der Waals surface area (Å²) in [6.45, 7) is 1.07. The standard InChI is InChI=1S/C18H15ClN2O5/c19-14-10-16-17(26-8-2-7-25-16)11-15(14)20-18(22)6-5-12-3-1-4-13(9-12)21(23)24/h1,3-6,9-11H,2,7-8H2,(H,20,22)/b6-5+. The smallest absolute Gasteiger partial charge is 0.270 e. The van der Waals surface area contributed by atoms with Gasteiger partial charge in [0.25, 0.3) is 5.69 Å². The first-order valence-electron chi connectivity index (χ1n) is 7.85. The Morgan fingerprint density at radius 1 is 1.19 bits per heavy atom. The van der Waals surface area contributed by atoms with Crippen LogP contribution in [0.25, 0.3) is 6.08 Å². The molecule has 0 bridgehead atoms. The number of carbonyl (C=O) groups is 1. The quantitative estimate of drug-likeness (QED) is 0.495. The van der Waals surface area contributed by atoms with Crippen LogP contribution in [0, 0.1) is 10.1 Å². The number of carbonyl (C=O) groups excluding carboxylic acids is 1. The van der Waals surface area contributed by atoms with Crippen LogP contribution >= 0.6 is 11.6 Å². The van der Waals surface area contributed by atoms with Gasteiger partial charge in [-0.2, -0.15) is 0 Å². The van der Waals surface area contributed by atoms with E-state index in [9.17, 15) is 14.9 Å². The van der Waals surface area contributed by atoms with E-state index in [2.05, 4.69) is 5.32 Å². The number of nitrogens with one attached hydrogen (secondary N) is 1. The first-order chi connectivity index (χ1) is 12.5. The van der Waals surface area contributed by atoms with Crippen molar-refractivity contribution in [3.63, 3.8) is 0 Å². The molecule has 1 N–H and O–H groups in total. The van der Waals surface area contributed by atoms with E-state index in [0.29, 0.717) is 41.0 Å². The molecule has 26 heavy (non-hydrogen) atoms. The van der Waals surface area contributed by atoms with Gasteiger partial charge in [0, 0.05) is 36.8 Å². The van der Waals surface area contributed by atoms with E-state index in [0.717, 1.165) is 6.42 Å². The average Bonchev–Trinajstić information content (AvgIpc) is 2.85. The van der Waals surface area contributed by atoms with Gasteiger partial charge in [0.05, 0.1) is 28.8 Å². The van der Waals surface area contributed by atoms with Crippen LogP contribution in [0.1, 0.15) is 12.0 Å². The summed E-state index contributed by atoms with van der Waals surface area (Å²) in [5.74, 6) is 0.635. The Labute approximate surface area is 154 Å². The molecule has 1 aliphatic rings. The molecule has 1 amide bonds. The van der Waals surface area contributed by atoms with Gasteiger partial charge in [-0.3, -0.25) is 14.9 Å². The Hall–Kier alpha value is -3.06. The number of nitro groups is 1. The van der Waals surface area contributed by atoms with Gasteiger partial charge in [-0.1, -0.05) is 23.7 Å². The highest BCUT2D eigenvalue weighted by Gasteiger charge is 2.15. The number of rotatable bonds is 4. The van der Waals surface area contributed by atoms with Crippen LogP contribution in [0.3, 0.4) is 0 Å². The third-order valence-electron chi connectivity index (χ3n) is 3.60. The maximum Gasteiger partial charge on any atom is 0.270 e. The van der Waals surface area contributed by atoms with Crippen LogP contribution in [0.5, 0.6) is 11.5 Å². The number of nitrogens with zero attached hydrogens (tertiary/aromatic N) is 1. The number of fused-ring (bicyclic) bond motifs is 1. The van der Waals surface area contributed by atoms with E-state index in [1.807, 2.05) is 0 Å². The van der Waals surface area contributed by atoms with Crippen molar-refractivity contribution >= 4 is 35.0 Å². The highest BCUT2D eigenvalue weighted by Crippen LogP contribution is 2.37. The summed E-state index contributed by atoms with van der Waals surface area (Å²) in [6.07, 6.45) is 3.53. The number of ether oxygens (including phenoxy) is 2. The molecule has 1 aliphatic heterocycles. The van der Waals surface area contributed by atoms with E-state index in [1.165, 1.54) is 24.3 Å². The highest BCUT2D eigenvalue weighted by molar-refractivity contribution is 6.34. The fraction of sp³-hybridized carbons (Fsp3) is 0.167. The summed E-state index contributed by atoms with van der Waals surface area (Å²) in [5, 5.41) is 13.8. The second-order valence-corrected chi connectivity index (χ2v) is 5.91. The SMILES string of the molecule is O=C(/C=C/c1cccc([N+](=O)[O-])c1)Nc1cc2c(cc1Cl)OCCCO2. The van der Waals surface area contributed by atoms with Crippen molar-refractivity contribution in [3.8, 4) is 11.5 Å². The predicted molar refractivity (Wildman–Crippen MR) is 97.8 cm³/mol. The Bertz CT molecular complexity index is 882. The molecule has 7 nitrogen and oxygen atoms in total. The molecule has 3 rings (SSSR count). The van der Waals surface area contributed by atoms with Crippen molar-refractivity contribution in [2.45, 2.75) is 6.42 Å². The minimum atomic E-state index is -0.491. The zero-order valence-corrected chi connectivity index (χ0v) is 14.4. The van der Waals surface area contributed by atoms with Gasteiger partial charge in [-0.25, -0.2) is 0 Å². The Morgan fingerprint density at radius 2 is 1.92 bits per heavy atom. The minimum absolute atomic E-state index is 0.0431. The van der Waals surface area contributed by atoms with Gasteiger partial charge in [0.1, 0.15) is 0 Å². The van der Waals surface area contributed by atoms with Gasteiger partial charge in [-0.05, 0) is 11.6 Å². The lowest BCUT2D eigenvalue weighted by Gasteiger charge is -2.11. The fourth-order valence-corrected chi connectivity index (χ4v) is 2.57. The summed E-state index contributed by atoms with van der Waals surface area (Å²) in [7, 11) is 0. The van der Waals surface area contributed by atoms with E-state index in [4.69, 9.17) is 21.1 Å². The number of nitro benzene ring substituents is 1. The number of non-ortho nitro benzene ring substituents is 1. The summed E-state index contributed by atoms with van der Waals surface area (Å²) < 4.78 is 11.1. The second-order valence-electron chi connectivity index (χ2n) is 5.50. The van der Waals surface area contributed by atoms with Crippen LogP contribution in [0.4, 0.5) is 11.4 Å². The molecule has 2 aromatic rings. The zero-order chi connectivity index (χ0) is 18.5. The summed E-state index contributed by atoms with van der Waals surface area (Å²) >= 11 is 6.18. The minimum Gasteiger partial charge on any atom is -0.490 e.